The molecule has 0 saturated carbocycles. The van der Waals surface area contributed by atoms with Gasteiger partial charge in [0.25, 0.3) is 5.56 Å². The van der Waals surface area contributed by atoms with Crippen LogP contribution >= 0.6 is 0 Å². The maximum Gasteiger partial charge on any atom is 0.252 e. The number of hydrazone groups is 1. The molecule has 0 spiro atoms. The van der Waals surface area contributed by atoms with Crippen molar-refractivity contribution in [3.05, 3.63) is 57.5 Å². The summed E-state index contributed by atoms with van der Waals surface area (Å²) in [5.74, 6) is 0.287. The fourth-order valence-corrected chi connectivity index (χ4v) is 1.44. The van der Waals surface area contributed by atoms with Crippen molar-refractivity contribution in [2.75, 3.05) is 5.43 Å². The molecule has 1 aromatic carbocycles. The van der Waals surface area contributed by atoms with Gasteiger partial charge in [0.05, 0.1) is 17.8 Å². The lowest BCUT2D eigenvalue weighted by Crippen LogP contribution is -2.10. The zero-order valence-electron chi connectivity index (χ0n) is 10.2. The molecule has 0 fully saturated rings. The van der Waals surface area contributed by atoms with Gasteiger partial charge in [-0.05, 0) is 24.6 Å². The summed E-state index contributed by atoms with van der Waals surface area (Å²) in [5, 5.41) is 12.6. The van der Waals surface area contributed by atoms with Gasteiger partial charge in [-0.25, -0.2) is 10.4 Å². The van der Waals surface area contributed by atoms with E-state index in [2.05, 4.69) is 20.5 Å². The Morgan fingerprint density at radius 3 is 2.79 bits per heavy atom. The number of hydrogen-bond donors (Lipinski definition) is 2. The van der Waals surface area contributed by atoms with Crippen LogP contribution in [0.1, 0.15) is 16.8 Å². The number of nitrogens with zero attached hydrogens (tertiary/aromatic N) is 3. The first-order valence-corrected chi connectivity index (χ1v) is 5.54. The molecule has 0 unspecified atom stereocenters. The molecule has 6 nitrogen and oxygen atoms in total. The molecular weight excluding hydrogens is 242 g/mol. The fourth-order valence-electron chi connectivity index (χ4n) is 1.44. The topological polar surface area (TPSA) is 93.9 Å². The molecule has 0 amide bonds. The first-order chi connectivity index (χ1) is 9.17. The smallest absolute Gasteiger partial charge is 0.252 e. The van der Waals surface area contributed by atoms with Crippen molar-refractivity contribution in [3.63, 3.8) is 0 Å². The highest BCUT2D eigenvalue weighted by Gasteiger charge is 1.95. The lowest BCUT2D eigenvalue weighted by molar-refractivity contribution is 1.04. The molecule has 0 aliphatic carbocycles. The number of aryl methyl sites for hydroxylation is 1. The van der Waals surface area contributed by atoms with Crippen LogP contribution in [0.4, 0.5) is 5.95 Å². The highest BCUT2D eigenvalue weighted by molar-refractivity contribution is 5.80. The molecule has 2 rings (SSSR count). The Hall–Kier alpha value is -2.94. The van der Waals surface area contributed by atoms with E-state index in [-0.39, 0.29) is 11.5 Å². The zero-order chi connectivity index (χ0) is 13.7. The van der Waals surface area contributed by atoms with E-state index >= 15 is 0 Å². The summed E-state index contributed by atoms with van der Waals surface area (Å²) in [7, 11) is 0. The minimum atomic E-state index is -0.233. The van der Waals surface area contributed by atoms with Gasteiger partial charge in [-0.3, -0.25) is 9.78 Å². The SMILES string of the molecule is Cc1cc(=O)[nH]c(N/N=C\c2ccc(C#N)cc2)n1. The van der Waals surface area contributed by atoms with Gasteiger partial charge in [0.15, 0.2) is 0 Å². The molecule has 1 aromatic heterocycles. The van der Waals surface area contributed by atoms with E-state index in [4.69, 9.17) is 5.26 Å². The number of nitrogens with one attached hydrogen (secondary N) is 2. The molecule has 0 aliphatic heterocycles. The highest BCUT2D eigenvalue weighted by atomic mass is 16.1. The highest BCUT2D eigenvalue weighted by Crippen LogP contribution is 2.01. The van der Waals surface area contributed by atoms with Gasteiger partial charge in [-0.15, -0.1) is 0 Å². The van der Waals surface area contributed by atoms with Crippen molar-refractivity contribution >= 4 is 12.2 Å². The number of aromatic amines is 1. The number of aromatic nitrogens is 2. The molecule has 0 aliphatic rings. The van der Waals surface area contributed by atoms with E-state index in [9.17, 15) is 4.79 Å². The third-order valence-corrected chi connectivity index (χ3v) is 2.29. The number of anilines is 1. The minimum absolute atomic E-state index is 0.233. The van der Waals surface area contributed by atoms with Gasteiger partial charge in [0.2, 0.25) is 5.95 Å². The van der Waals surface area contributed by atoms with Crippen molar-refractivity contribution in [2.24, 2.45) is 5.10 Å². The summed E-state index contributed by atoms with van der Waals surface area (Å²) in [5.41, 5.74) is 4.45. The molecule has 0 bridgehead atoms. The van der Waals surface area contributed by atoms with Crippen molar-refractivity contribution < 1.29 is 0 Å². The van der Waals surface area contributed by atoms with E-state index in [1.54, 1.807) is 37.4 Å². The van der Waals surface area contributed by atoms with Crippen LogP contribution < -0.4 is 11.0 Å². The van der Waals surface area contributed by atoms with Crippen LogP contribution in [0, 0.1) is 18.3 Å². The number of rotatable bonds is 3. The Morgan fingerprint density at radius 2 is 2.16 bits per heavy atom. The fraction of sp³-hybridized carbons (Fsp3) is 0.0769. The number of nitriles is 1. The summed E-state index contributed by atoms with van der Waals surface area (Å²) in [6.07, 6.45) is 1.57. The van der Waals surface area contributed by atoms with E-state index in [1.165, 1.54) is 6.07 Å². The van der Waals surface area contributed by atoms with Crippen LogP contribution in [0.2, 0.25) is 0 Å². The molecule has 94 valence electrons. The monoisotopic (exact) mass is 253 g/mol. The predicted octanol–water partition coefficient (Wildman–Crippen LogP) is 1.40. The summed E-state index contributed by atoms with van der Waals surface area (Å²) in [6.45, 7) is 1.73. The average Bonchev–Trinajstić information content (AvgIpc) is 2.38. The van der Waals surface area contributed by atoms with E-state index in [0.29, 0.717) is 11.3 Å². The van der Waals surface area contributed by atoms with E-state index in [1.807, 2.05) is 6.07 Å². The number of benzene rings is 1. The first-order valence-electron chi connectivity index (χ1n) is 5.54. The van der Waals surface area contributed by atoms with Gasteiger partial charge >= 0.3 is 0 Å². The lowest BCUT2D eigenvalue weighted by Gasteiger charge is -1.99. The van der Waals surface area contributed by atoms with E-state index in [0.717, 1.165) is 5.56 Å². The van der Waals surface area contributed by atoms with Gasteiger partial charge in [-0.2, -0.15) is 10.4 Å². The van der Waals surface area contributed by atoms with Crippen LogP contribution in [-0.4, -0.2) is 16.2 Å². The van der Waals surface area contributed by atoms with Crippen LogP contribution in [0.25, 0.3) is 0 Å². The molecule has 0 radical (unpaired) electrons. The standard InChI is InChI=1S/C13H11N5O/c1-9-6-12(19)17-13(16-9)18-15-8-11-4-2-10(7-14)3-5-11/h2-6,8H,1H3,(H2,16,17,18,19)/b15-8-. The van der Waals surface area contributed by atoms with Gasteiger partial charge in [0.1, 0.15) is 0 Å². The second-order valence-corrected chi connectivity index (χ2v) is 3.84. The van der Waals surface area contributed by atoms with Crippen LogP contribution in [0.3, 0.4) is 0 Å². The third-order valence-electron chi connectivity index (χ3n) is 2.29. The Morgan fingerprint density at radius 1 is 1.42 bits per heavy atom. The Labute approximate surface area is 109 Å². The summed E-state index contributed by atoms with van der Waals surface area (Å²) in [6, 6.07) is 10.4. The van der Waals surface area contributed by atoms with Crippen LogP contribution in [-0.2, 0) is 0 Å². The molecule has 6 heteroatoms. The second-order valence-electron chi connectivity index (χ2n) is 3.84. The van der Waals surface area contributed by atoms with Crippen LogP contribution in [0.15, 0.2) is 40.2 Å². The quantitative estimate of drug-likeness (QED) is 0.638. The van der Waals surface area contributed by atoms with Gasteiger partial charge in [-0.1, -0.05) is 12.1 Å². The maximum absolute atomic E-state index is 11.2. The average molecular weight is 253 g/mol. The molecule has 0 saturated heterocycles. The molecule has 19 heavy (non-hydrogen) atoms. The predicted molar refractivity (Wildman–Crippen MR) is 72.0 cm³/mol. The summed E-state index contributed by atoms with van der Waals surface area (Å²) >= 11 is 0. The normalized spacial score (nSPS) is 10.3. The first kappa shape index (κ1) is 12.5. The van der Waals surface area contributed by atoms with Gasteiger partial charge < -0.3 is 0 Å². The van der Waals surface area contributed by atoms with Crippen LogP contribution in [0.5, 0.6) is 0 Å². The largest absolute Gasteiger partial charge is 0.291 e. The zero-order valence-corrected chi connectivity index (χ0v) is 10.2. The second kappa shape index (κ2) is 5.60. The lowest BCUT2D eigenvalue weighted by atomic mass is 10.2. The van der Waals surface area contributed by atoms with Crippen molar-refractivity contribution in [1.82, 2.24) is 9.97 Å². The number of H-pyrrole nitrogens is 1. The number of hydrogen-bond acceptors (Lipinski definition) is 5. The minimum Gasteiger partial charge on any atom is -0.291 e. The molecular formula is C13H11N5O. The third kappa shape index (κ3) is 3.51. The summed E-state index contributed by atoms with van der Waals surface area (Å²) in [4.78, 5) is 17.8. The summed E-state index contributed by atoms with van der Waals surface area (Å²) < 4.78 is 0. The van der Waals surface area contributed by atoms with Crippen molar-refractivity contribution in [3.8, 4) is 6.07 Å². The van der Waals surface area contributed by atoms with Crippen molar-refractivity contribution in [2.45, 2.75) is 6.92 Å². The van der Waals surface area contributed by atoms with E-state index < -0.39 is 0 Å². The molecule has 2 N–H and O–H groups in total. The molecule has 2 aromatic rings. The Balaban J connectivity index is 2.07. The Bertz CT molecular complexity index is 694. The van der Waals surface area contributed by atoms with Gasteiger partial charge in [0, 0.05) is 11.8 Å². The van der Waals surface area contributed by atoms with Crippen molar-refractivity contribution in [1.29, 1.82) is 5.26 Å². The maximum atomic E-state index is 11.2. The Kier molecular flexibility index (Phi) is 3.69. The molecule has 1 heterocycles. The molecule has 0 atom stereocenters.